The van der Waals surface area contributed by atoms with Gasteiger partial charge in [-0.1, -0.05) is 23.7 Å². The van der Waals surface area contributed by atoms with Crippen LogP contribution < -0.4 is 4.74 Å². The van der Waals surface area contributed by atoms with E-state index in [4.69, 9.17) is 16.3 Å². The predicted molar refractivity (Wildman–Crippen MR) is 67.1 cm³/mol. The lowest BCUT2D eigenvalue weighted by molar-refractivity contribution is 0.412. The highest BCUT2D eigenvalue weighted by atomic mass is 35.5. The smallest absolute Gasteiger partial charge is 0.122 e. The third kappa shape index (κ3) is 1.69. The summed E-state index contributed by atoms with van der Waals surface area (Å²) in [4.78, 5) is 0. The van der Waals surface area contributed by atoms with Crippen molar-refractivity contribution >= 4 is 11.6 Å². The van der Waals surface area contributed by atoms with Crippen LogP contribution in [0, 0.1) is 6.92 Å². The van der Waals surface area contributed by atoms with Gasteiger partial charge in [0.1, 0.15) is 10.9 Å². The number of ether oxygens (including phenoxy) is 1. The molecule has 0 bridgehead atoms. The van der Waals surface area contributed by atoms with Gasteiger partial charge in [-0.15, -0.1) is 0 Å². The van der Waals surface area contributed by atoms with E-state index in [0.29, 0.717) is 0 Å². The van der Waals surface area contributed by atoms with Gasteiger partial charge < -0.3 is 9.30 Å². The molecule has 0 spiro atoms. The molecular weight excluding hydrogens is 222 g/mol. The minimum atomic E-state index is 0.734. The van der Waals surface area contributed by atoms with Gasteiger partial charge in [-0.3, -0.25) is 0 Å². The zero-order valence-electron chi connectivity index (χ0n) is 9.62. The van der Waals surface area contributed by atoms with Crippen LogP contribution in [0.1, 0.15) is 5.56 Å². The summed E-state index contributed by atoms with van der Waals surface area (Å²) >= 11 is 6.04. The molecule has 2 nitrogen and oxygen atoms in total. The first kappa shape index (κ1) is 11.1. The maximum Gasteiger partial charge on any atom is 0.122 e. The second-order valence-electron chi connectivity index (χ2n) is 3.73. The molecule has 0 unspecified atom stereocenters. The van der Waals surface area contributed by atoms with E-state index in [9.17, 15) is 0 Å². The van der Waals surface area contributed by atoms with E-state index in [1.165, 1.54) is 0 Å². The molecule has 1 heterocycles. The summed E-state index contributed by atoms with van der Waals surface area (Å²) in [6.07, 6.45) is 0. The monoisotopic (exact) mass is 235 g/mol. The van der Waals surface area contributed by atoms with Gasteiger partial charge in [-0.05, 0) is 25.1 Å². The van der Waals surface area contributed by atoms with E-state index in [1.807, 2.05) is 35.9 Å². The zero-order chi connectivity index (χ0) is 11.7. The maximum atomic E-state index is 6.04. The normalized spacial score (nSPS) is 10.5. The Labute approximate surface area is 100 Å². The summed E-state index contributed by atoms with van der Waals surface area (Å²) in [5.41, 5.74) is 3.37. The van der Waals surface area contributed by atoms with Crippen molar-refractivity contribution in [3.63, 3.8) is 0 Å². The summed E-state index contributed by atoms with van der Waals surface area (Å²) in [5.74, 6) is 0.898. The molecule has 2 rings (SSSR count). The maximum absolute atomic E-state index is 6.04. The fourth-order valence-electron chi connectivity index (χ4n) is 1.87. The molecule has 0 radical (unpaired) electrons. The van der Waals surface area contributed by atoms with Crippen molar-refractivity contribution in [2.45, 2.75) is 6.92 Å². The van der Waals surface area contributed by atoms with Crippen molar-refractivity contribution in [3.05, 3.63) is 41.0 Å². The molecule has 0 aliphatic rings. The molecular formula is C13H14ClNO. The van der Waals surface area contributed by atoms with Crippen molar-refractivity contribution in [3.8, 4) is 17.0 Å². The second kappa shape index (κ2) is 4.22. The number of benzene rings is 1. The minimum Gasteiger partial charge on any atom is -0.496 e. The highest BCUT2D eigenvalue weighted by Gasteiger charge is 2.10. The van der Waals surface area contributed by atoms with Gasteiger partial charge in [-0.25, -0.2) is 0 Å². The summed E-state index contributed by atoms with van der Waals surface area (Å²) < 4.78 is 7.27. The minimum absolute atomic E-state index is 0.734. The van der Waals surface area contributed by atoms with Crippen LogP contribution in [-0.2, 0) is 7.05 Å². The van der Waals surface area contributed by atoms with Gasteiger partial charge in [0.15, 0.2) is 0 Å². The average Bonchev–Trinajstić information content (AvgIpc) is 2.61. The number of nitrogens with zero attached hydrogens (tertiary/aromatic N) is 1. The van der Waals surface area contributed by atoms with E-state index in [0.717, 1.165) is 27.7 Å². The van der Waals surface area contributed by atoms with Gasteiger partial charge in [0.2, 0.25) is 0 Å². The molecule has 0 atom stereocenters. The second-order valence-corrected chi connectivity index (χ2v) is 4.12. The van der Waals surface area contributed by atoms with E-state index < -0.39 is 0 Å². The number of halogens is 1. The Bertz CT molecular complexity index is 517. The van der Waals surface area contributed by atoms with Crippen LogP contribution in [0.3, 0.4) is 0 Å². The Kier molecular flexibility index (Phi) is 2.92. The standard InChI is InChI=1S/C13H14ClNO/c1-9-10(5-4-6-12(9)16-3)11-7-8-13(14)15(11)2/h4-8H,1-3H3. The molecule has 1 aromatic carbocycles. The molecule has 0 fully saturated rings. The predicted octanol–water partition coefficient (Wildman–Crippen LogP) is 3.66. The van der Waals surface area contributed by atoms with Gasteiger partial charge in [-0.2, -0.15) is 0 Å². The van der Waals surface area contributed by atoms with Crippen LogP contribution in [0.15, 0.2) is 30.3 Å². The number of hydrogen-bond acceptors (Lipinski definition) is 1. The van der Waals surface area contributed by atoms with Crippen LogP contribution in [-0.4, -0.2) is 11.7 Å². The first-order valence-corrected chi connectivity index (χ1v) is 5.48. The summed E-state index contributed by atoms with van der Waals surface area (Å²) in [6, 6.07) is 9.94. The average molecular weight is 236 g/mol. The Balaban J connectivity index is 2.60. The van der Waals surface area contributed by atoms with Crippen molar-refractivity contribution in [1.29, 1.82) is 0 Å². The fourth-order valence-corrected chi connectivity index (χ4v) is 2.02. The van der Waals surface area contributed by atoms with Crippen molar-refractivity contribution in [1.82, 2.24) is 4.57 Å². The number of methoxy groups -OCH3 is 1. The lowest BCUT2D eigenvalue weighted by Gasteiger charge is -2.11. The molecule has 0 saturated heterocycles. The molecule has 0 aliphatic heterocycles. The Morgan fingerprint density at radius 2 is 1.94 bits per heavy atom. The molecule has 1 aromatic heterocycles. The quantitative estimate of drug-likeness (QED) is 0.775. The number of rotatable bonds is 2. The van der Waals surface area contributed by atoms with Gasteiger partial charge >= 0.3 is 0 Å². The van der Waals surface area contributed by atoms with Gasteiger partial charge in [0, 0.05) is 23.9 Å². The van der Waals surface area contributed by atoms with Gasteiger partial charge in [0.05, 0.1) is 7.11 Å². The Morgan fingerprint density at radius 1 is 1.19 bits per heavy atom. The highest BCUT2D eigenvalue weighted by Crippen LogP contribution is 2.31. The molecule has 3 heteroatoms. The third-order valence-corrected chi connectivity index (χ3v) is 3.22. The molecule has 84 valence electrons. The first-order chi connectivity index (χ1) is 7.65. The zero-order valence-corrected chi connectivity index (χ0v) is 10.4. The Morgan fingerprint density at radius 3 is 2.50 bits per heavy atom. The van der Waals surface area contributed by atoms with Crippen molar-refractivity contribution in [2.24, 2.45) is 7.05 Å². The van der Waals surface area contributed by atoms with E-state index in [1.54, 1.807) is 7.11 Å². The van der Waals surface area contributed by atoms with E-state index >= 15 is 0 Å². The van der Waals surface area contributed by atoms with Crippen LogP contribution in [0.25, 0.3) is 11.3 Å². The SMILES string of the molecule is COc1cccc(-c2ccc(Cl)n2C)c1C. The lowest BCUT2D eigenvalue weighted by Crippen LogP contribution is -1.95. The third-order valence-electron chi connectivity index (χ3n) is 2.84. The Hall–Kier alpha value is -1.41. The number of hydrogen-bond donors (Lipinski definition) is 0. The molecule has 0 aliphatic carbocycles. The molecule has 0 saturated carbocycles. The molecule has 2 aromatic rings. The van der Waals surface area contributed by atoms with E-state index in [-0.39, 0.29) is 0 Å². The summed E-state index contributed by atoms with van der Waals surface area (Å²) in [5, 5.41) is 0.734. The fraction of sp³-hybridized carbons (Fsp3) is 0.231. The van der Waals surface area contributed by atoms with Crippen LogP contribution in [0.2, 0.25) is 5.15 Å². The van der Waals surface area contributed by atoms with Gasteiger partial charge in [0.25, 0.3) is 0 Å². The number of aromatic nitrogens is 1. The lowest BCUT2D eigenvalue weighted by atomic mass is 10.0. The van der Waals surface area contributed by atoms with Crippen molar-refractivity contribution < 1.29 is 4.74 Å². The van der Waals surface area contributed by atoms with Crippen LogP contribution in [0.4, 0.5) is 0 Å². The topological polar surface area (TPSA) is 14.2 Å². The highest BCUT2D eigenvalue weighted by molar-refractivity contribution is 6.29. The first-order valence-electron chi connectivity index (χ1n) is 5.10. The summed E-state index contributed by atoms with van der Waals surface area (Å²) in [6.45, 7) is 2.05. The molecule has 0 N–H and O–H groups in total. The van der Waals surface area contributed by atoms with Crippen LogP contribution in [0.5, 0.6) is 5.75 Å². The van der Waals surface area contributed by atoms with Crippen LogP contribution >= 0.6 is 11.6 Å². The summed E-state index contributed by atoms with van der Waals surface area (Å²) in [7, 11) is 3.64. The van der Waals surface area contributed by atoms with E-state index in [2.05, 4.69) is 13.0 Å². The largest absolute Gasteiger partial charge is 0.496 e. The molecule has 16 heavy (non-hydrogen) atoms. The van der Waals surface area contributed by atoms with Crippen molar-refractivity contribution in [2.75, 3.05) is 7.11 Å². The molecule has 0 amide bonds.